The largest absolute Gasteiger partial charge is 1.00 e. The zero-order chi connectivity index (χ0) is 15.5. The van der Waals surface area contributed by atoms with Crippen molar-refractivity contribution >= 4 is 23.8 Å². The van der Waals surface area contributed by atoms with Gasteiger partial charge in [0, 0.05) is 25.3 Å². The normalized spacial score (nSPS) is 10.9. The van der Waals surface area contributed by atoms with E-state index in [2.05, 4.69) is 10.1 Å². The molecule has 0 spiro atoms. The van der Waals surface area contributed by atoms with Crippen molar-refractivity contribution in [1.29, 1.82) is 0 Å². The van der Waals surface area contributed by atoms with Gasteiger partial charge < -0.3 is 14.8 Å². The molecule has 0 unspecified atom stereocenters. The molecule has 0 N–H and O–H groups in total. The maximum absolute atomic E-state index is 12.0. The molecule has 0 fully saturated rings. The predicted octanol–water partition coefficient (Wildman–Crippen LogP) is -2.66. The number of nitrogens with zero attached hydrogens (tertiary/aromatic N) is 4. The summed E-state index contributed by atoms with van der Waals surface area (Å²) in [5.41, 5.74) is -0.283. The van der Waals surface area contributed by atoms with E-state index in [4.69, 9.17) is 0 Å². The van der Waals surface area contributed by atoms with Gasteiger partial charge in [-0.25, -0.2) is 9.78 Å². The van der Waals surface area contributed by atoms with Crippen LogP contribution in [0.4, 0.5) is 4.79 Å². The van der Waals surface area contributed by atoms with Crippen molar-refractivity contribution < 1.29 is 44.3 Å². The molecular weight excluding hydrogens is 303 g/mol. The number of aromatic nitrogens is 3. The molecule has 21 heavy (non-hydrogen) atoms. The van der Waals surface area contributed by atoms with Gasteiger partial charge in [-0.2, -0.15) is 4.68 Å². The molecule has 0 aliphatic heterocycles. The zero-order valence-corrected chi connectivity index (χ0v) is 16.2. The van der Waals surface area contributed by atoms with Crippen LogP contribution in [0.1, 0.15) is 33.0 Å². The molecule has 0 bridgehead atoms. The quantitative estimate of drug-likeness (QED) is 0.434. The summed E-state index contributed by atoms with van der Waals surface area (Å²) >= 11 is 0.928. The van der Waals surface area contributed by atoms with E-state index in [0.717, 1.165) is 22.9 Å². The van der Waals surface area contributed by atoms with Crippen molar-refractivity contribution in [3.63, 3.8) is 0 Å². The summed E-state index contributed by atoms with van der Waals surface area (Å²) in [5.74, 6) is -0.958. The maximum Gasteiger partial charge on any atom is 1.00 e. The molecule has 9 heteroatoms. The van der Waals surface area contributed by atoms with Gasteiger partial charge in [-0.1, -0.05) is 32.5 Å². The minimum Gasteiger partial charge on any atom is -0.549 e. The fraction of sp³-hybridized carbons (Fsp3) is 0.667. The van der Waals surface area contributed by atoms with E-state index in [1.165, 1.54) is 4.90 Å². The molecule has 0 aromatic carbocycles. The Balaban J connectivity index is 0.00000400. The second-order valence-electron chi connectivity index (χ2n) is 5.20. The van der Waals surface area contributed by atoms with E-state index in [-0.39, 0.29) is 51.9 Å². The van der Waals surface area contributed by atoms with E-state index >= 15 is 0 Å². The molecule has 0 saturated heterocycles. The summed E-state index contributed by atoms with van der Waals surface area (Å²) in [6.07, 6.45) is 0.803. The van der Waals surface area contributed by atoms with Crippen molar-refractivity contribution in [3.05, 3.63) is 5.82 Å². The third-order valence-corrected chi connectivity index (χ3v) is 3.85. The average Bonchev–Trinajstić information content (AvgIpc) is 2.79. The first kappa shape index (κ1) is 20.4. The van der Waals surface area contributed by atoms with Crippen molar-refractivity contribution in [2.24, 2.45) is 0 Å². The Bertz CT molecular complexity index is 517. The number of carbonyl (C=O) groups is 2. The standard InChI is InChI=1S/C12H20N4O3S.Na/c1-6-12(2,3)9-13-10(20-7-8(17)18)16(14-9)11(19)15(4)5;/h6-7H2,1-5H3,(H,17,18);/q;+1/p-1. The summed E-state index contributed by atoms with van der Waals surface area (Å²) in [4.78, 5) is 28.3. The van der Waals surface area contributed by atoms with E-state index in [1.807, 2.05) is 20.8 Å². The number of carboxylic acids is 1. The average molecular weight is 322 g/mol. The number of carboxylic acid groups (broad SMARTS) is 1. The van der Waals surface area contributed by atoms with Gasteiger partial charge >= 0.3 is 35.6 Å². The van der Waals surface area contributed by atoms with Crippen LogP contribution >= 0.6 is 11.8 Å². The molecule has 0 aliphatic carbocycles. The van der Waals surface area contributed by atoms with Crippen LogP contribution in [-0.2, 0) is 10.2 Å². The molecule has 0 atom stereocenters. The molecule has 0 radical (unpaired) electrons. The second kappa shape index (κ2) is 8.17. The Labute approximate surface area is 150 Å². The van der Waals surface area contributed by atoms with Crippen molar-refractivity contribution in [2.75, 3.05) is 19.8 Å². The van der Waals surface area contributed by atoms with Crippen LogP contribution in [0.2, 0.25) is 0 Å². The number of thioether (sulfide) groups is 1. The summed E-state index contributed by atoms with van der Waals surface area (Å²) in [6, 6.07) is -0.364. The summed E-state index contributed by atoms with van der Waals surface area (Å²) in [7, 11) is 3.20. The van der Waals surface area contributed by atoms with Gasteiger partial charge in [0.1, 0.15) is 0 Å². The van der Waals surface area contributed by atoms with Gasteiger partial charge in [0.2, 0.25) is 0 Å². The first-order valence-corrected chi connectivity index (χ1v) is 7.19. The summed E-state index contributed by atoms with van der Waals surface area (Å²) < 4.78 is 1.14. The van der Waals surface area contributed by atoms with Crippen LogP contribution < -0.4 is 34.7 Å². The van der Waals surface area contributed by atoms with Crippen LogP contribution in [0.3, 0.4) is 0 Å². The van der Waals surface area contributed by atoms with E-state index in [1.54, 1.807) is 14.1 Å². The molecule has 112 valence electrons. The minimum atomic E-state index is -1.21. The summed E-state index contributed by atoms with van der Waals surface area (Å²) in [5, 5.41) is 15.1. The maximum atomic E-state index is 12.0. The molecule has 0 saturated carbocycles. The van der Waals surface area contributed by atoms with Crippen LogP contribution in [0, 0.1) is 0 Å². The molecule has 0 aliphatic rings. The van der Waals surface area contributed by atoms with Gasteiger partial charge in [-0.05, 0) is 6.42 Å². The zero-order valence-electron chi connectivity index (χ0n) is 13.3. The Kier molecular flexibility index (Phi) is 7.94. The van der Waals surface area contributed by atoms with E-state index in [9.17, 15) is 14.7 Å². The molecule has 1 rings (SSSR count). The molecule has 7 nitrogen and oxygen atoms in total. The van der Waals surface area contributed by atoms with Gasteiger partial charge in [0.25, 0.3) is 0 Å². The van der Waals surface area contributed by atoms with Crippen LogP contribution in [0.15, 0.2) is 5.16 Å². The Morgan fingerprint density at radius 2 is 1.95 bits per heavy atom. The molecular formula is C12H19N4NaO3S. The third-order valence-electron chi connectivity index (χ3n) is 2.95. The molecule has 1 amide bonds. The number of hydrogen-bond donors (Lipinski definition) is 0. The Hall–Kier alpha value is -0.570. The van der Waals surface area contributed by atoms with Gasteiger partial charge in [-0.15, -0.1) is 5.10 Å². The number of amides is 1. The smallest absolute Gasteiger partial charge is 0.549 e. The van der Waals surface area contributed by atoms with Crippen molar-refractivity contribution in [3.8, 4) is 0 Å². The molecule has 1 aromatic rings. The van der Waals surface area contributed by atoms with Crippen molar-refractivity contribution in [2.45, 2.75) is 37.8 Å². The van der Waals surface area contributed by atoms with Crippen LogP contribution in [0.25, 0.3) is 0 Å². The Morgan fingerprint density at radius 1 is 1.38 bits per heavy atom. The third kappa shape index (κ3) is 5.28. The number of rotatable bonds is 5. The monoisotopic (exact) mass is 322 g/mol. The number of aliphatic carboxylic acids is 1. The van der Waals surface area contributed by atoms with E-state index in [0.29, 0.717) is 5.82 Å². The van der Waals surface area contributed by atoms with Crippen molar-refractivity contribution in [1.82, 2.24) is 19.7 Å². The van der Waals surface area contributed by atoms with Gasteiger partial charge in [0.05, 0.1) is 5.97 Å². The fourth-order valence-corrected chi connectivity index (χ4v) is 1.91. The topological polar surface area (TPSA) is 91.1 Å². The van der Waals surface area contributed by atoms with Gasteiger partial charge in [0.15, 0.2) is 11.0 Å². The van der Waals surface area contributed by atoms with E-state index < -0.39 is 5.97 Å². The minimum absolute atomic E-state index is 0. The molecule has 1 heterocycles. The number of hydrogen-bond acceptors (Lipinski definition) is 6. The number of carbonyl (C=O) groups excluding carboxylic acids is 2. The second-order valence-corrected chi connectivity index (χ2v) is 6.15. The first-order chi connectivity index (χ1) is 9.19. The van der Waals surface area contributed by atoms with Crippen LogP contribution in [0.5, 0.6) is 0 Å². The molecule has 1 aromatic heterocycles. The summed E-state index contributed by atoms with van der Waals surface area (Å²) in [6.45, 7) is 5.95. The SMILES string of the molecule is CCC(C)(C)c1nc(SCC(=O)[O-])n(C(=O)N(C)C)n1.[Na+]. The van der Waals surface area contributed by atoms with Crippen LogP contribution in [-0.4, -0.2) is 51.5 Å². The fourth-order valence-electron chi connectivity index (χ4n) is 1.27. The Morgan fingerprint density at radius 3 is 2.38 bits per heavy atom. The van der Waals surface area contributed by atoms with Gasteiger partial charge in [-0.3, -0.25) is 0 Å². The first-order valence-electron chi connectivity index (χ1n) is 6.21. The predicted molar refractivity (Wildman–Crippen MR) is 73.6 cm³/mol.